The normalized spacial score (nSPS) is 14.3. The second kappa shape index (κ2) is 4.48. The van der Waals surface area contributed by atoms with Crippen LogP contribution in [0.1, 0.15) is 11.1 Å². The zero-order valence-electron chi connectivity index (χ0n) is 9.92. The van der Waals surface area contributed by atoms with Gasteiger partial charge in [0.1, 0.15) is 0 Å². The Kier molecular flexibility index (Phi) is 3.19. The summed E-state index contributed by atoms with van der Waals surface area (Å²) in [6.45, 7) is 3.86. The van der Waals surface area contributed by atoms with Crippen molar-refractivity contribution in [2.45, 2.75) is 13.8 Å². The molecule has 0 spiro atoms. The van der Waals surface area contributed by atoms with Crippen LogP contribution in [-0.2, 0) is 4.57 Å². The lowest BCUT2D eigenvalue weighted by molar-refractivity contribution is 0.501. The van der Waals surface area contributed by atoms with Crippen LogP contribution in [0.5, 0.6) is 0 Å². The van der Waals surface area contributed by atoms with Gasteiger partial charge in [-0.1, -0.05) is 35.4 Å². The fourth-order valence-corrected chi connectivity index (χ4v) is 3.54. The van der Waals surface area contributed by atoms with Crippen molar-refractivity contribution in [1.29, 1.82) is 0 Å². The third-order valence-corrected chi connectivity index (χ3v) is 4.62. The van der Waals surface area contributed by atoms with E-state index in [1.54, 1.807) is 36.4 Å². The Hall–Kier alpha value is -1.37. The number of benzene rings is 2. The smallest absolute Gasteiger partial charge is 0.258 e. The Morgan fingerprint density at radius 1 is 0.882 bits per heavy atom. The molecule has 0 saturated heterocycles. The molecule has 0 radical (unpaired) electrons. The Labute approximate surface area is 101 Å². The molecule has 0 heterocycles. The SMILES string of the molecule is Cc1cc(C)cc(P(=O)(O)c2ccccc2)c1. The Balaban J connectivity index is 2.56. The van der Waals surface area contributed by atoms with Crippen LogP contribution in [0, 0.1) is 13.8 Å². The van der Waals surface area contributed by atoms with Crippen LogP contribution in [0.2, 0.25) is 0 Å². The molecule has 0 bridgehead atoms. The second-order valence-corrected chi connectivity index (χ2v) is 6.44. The molecule has 0 aliphatic carbocycles. The maximum atomic E-state index is 12.5. The molecule has 2 nitrogen and oxygen atoms in total. The third kappa shape index (κ3) is 2.49. The predicted molar refractivity (Wildman–Crippen MR) is 71.5 cm³/mol. The topological polar surface area (TPSA) is 37.3 Å². The van der Waals surface area contributed by atoms with Gasteiger partial charge in [0.15, 0.2) is 0 Å². The van der Waals surface area contributed by atoms with Crippen LogP contribution in [0.15, 0.2) is 48.5 Å². The van der Waals surface area contributed by atoms with Gasteiger partial charge >= 0.3 is 0 Å². The van der Waals surface area contributed by atoms with Gasteiger partial charge in [0.05, 0.1) is 0 Å². The van der Waals surface area contributed by atoms with Crippen LogP contribution >= 0.6 is 7.37 Å². The quantitative estimate of drug-likeness (QED) is 0.827. The first kappa shape index (κ1) is 12.1. The predicted octanol–water partition coefficient (Wildman–Crippen LogP) is 2.52. The molecule has 2 rings (SSSR count). The Bertz CT molecular complexity index is 556. The lowest BCUT2D eigenvalue weighted by atomic mass is 10.2. The largest absolute Gasteiger partial charge is 0.338 e. The number of hydrogen-bond acceptors (Lipinski definition) is 1. The van der Waals surface area contributed by atoms with Crippen molar-refractivity contribution in [3.05, 3.63) is 59.7 Å². The minimum absolute atomic E-state index is 0.477. The Morgan fingerprint density at radius 2 is 1.41 bits per heavy atom. The van der Waals surface area contributed by atoms with E-state index in [4.69, 9.17) is 0 Å². The molecule has 1 N–H and O–H groups in total. The highest BCUT2D eigenvalue weighted by Gasteiger charge is 2.23. The molecule has 88 valence electrons. The second-order valence-electron chi connectivity index (χ2n) is 4.26. The molecule has 0 aliphatic heterocycles. The standard InChI is InChI=1S/C14H15O2P/c1-11-8-12(2)10-14(9-11)17(15,16)13-6-4-3-5-7-13/h3-10H,1-2H3,(H,15,16). The molecule has 2 aromatic carbocycles. The fourth-order valence-electron chi connectivity index (χ4n) is 1.90. The summed E-state index contributed by atoms with van der Waals surface area (Å²) in [6, 6.07) is 14.3. The average molecular weight is 246 g/mol. The summed E-state index contributed by atoms with van der Waals surface area (Å²) in [5, 5.41) is 0.978. The highest BCUT2D eigenvalue weighted by Crippen LogP contribution is 2.38. The van der Waals surface area contributed by atoms with Crippen molar-refractivity contribution in [2.75, 3.05) is 0 Å². The van der Waals surface area contributed by atoms with Crippen molar-refractivity contribution < 1.29 is 9.46 Å². The molecule has 17 heavy (non-hydrogen) atoms. The highest BCUT2D eigenvalue weighted by molar-refractivity contribution is 7.73. The van der Waals surface area contributed by atoms with E-state index in [9.17, 15) is 9.46 Å². The maximum absolute atomic E-state index is 12.5. The summed E-state index contributed by atoms with van der Waals surface area (Å²) >= 11 is 0. The summed E-state index contributed by atoms with van der Waals surface area (Å²) in [5.41, 5.74) is 2.01. The summed E-state index contributed by atoms with van der Waals surface area (Å²) in [7, 11) is -3.45. The fraction of sp³-hybridized carbons (Fsp3) is 0.143. The van der Waals surface area contributed by atoms with Crippen molar-refractivity contribution in [1.82, 2.24) is 0 Å². The molecule has 0 saturated carbocycles. The van der Waals surface area contributed by atoms with E-state index < -0.39 is 7.37 Å². The molecule has 2 aromatic rings. The zero-order chi connectivity index (χ0) is 12.5. The van der Waals surface area contributed by atoms with Crippen molar-refractivity contribution in [3.63, 3.8) is 0 Å². The van der Waals surface area contributed by atoms with Gasteiger partial charge in [-0.3, -0.25) is 4.57 Å². The van der Waals surface area contributed by atoms with Gasteiger partial charge in [-0.15, -0.1) is 0 Å². The minimum atomic E-state index is -3.45. The van der Waals surface area contributed by atoms with Crippen molar-refractivity contribution in [3.8, 4) is 0 Å². The lowest BCUT2D eigenvalue weighted by Gasteiger charge is -2.13. The van der Waals surface area contributed by atoms with E-state index in [0.717, 1.165) is 11.1 Å². The molecule has 1 atom stereocenters. The molecule has 0 fully saturated rings. The average Bonchev–Trinajstić information content (AvgIpc) is 2.29. The first-order valence-electron chi connectivity index (χ1n) is 5.47. The number of hydrogen-bond donors (Lipinski definition) is 1. The van der Waals surface area contributed by atoms with Gasteiger partial charge in [-0.25, -0.2) is 0 Å². The number of rotatable bonds is 2. The van der Waals surface area contributed by atoms with Crippen LogP contribution < -0.4 is 10.6 Å². The van der Waals surface area contributed by atoms with Gasteiger partial charge < -0.3 is 4.89 Å². The summed E-state index contributed by atoms with van der Waals surface area (Å²) in [6.07, 6.45) is 0. The molecule has 0 aliphatic rings. The zero-order valence-corrected chi connectivity index (χ0v) is 10.8. The van der Waals surface area contributed by atoms with Gasteiger partial charge in [0, 0.05) is 10.6 Å². The summed E-state index contributed by atoms with van der Waals surface area (Å²) in [5.74, 6) is 0. The van der Waals surface area contributed by atoms with Gasteiger partial charge in [-0.2, -0.15) is 0 Å². The molecule has 0 amide bonds. The molecule has 1 unspecified atom stereocenters. The highest BCUT2D eigenvalue weighted by atomic mass is 31.2. The van der Waals surface area contributed by atoms with Crippen LogP contribution in [0.4, 0.5) is 0 Å². The summed E-state index contributed by atoms with van der Waals surface area (Å²) in [4.78, 5) is 10.3. The van der Waals surface area contributed by atoms with Gasteiger partial charge in [-0.05, 0) is 38.1 Å². The third-order valence-electron chi connectivity index (χ3n) is 2.66. The minimum Gasteiger partial charge on any atom is -0.338 e. The van der Waals surface area contributed by atoms with Crippen LogP contribution in [-0.4, -0.2) is 4.89 Å². The van der Waals surface area contributed by atoms with E-state index >= 15 is 0 Å². The lowest BCUT2D eigenvalue weighted by Crippen LogP contribution is -2.16. The first-order chi connectivity index (χ1) is 8.00. The van der Waals surface area contributed by atoms with E-state index in [0.29, 0.717) is 10.6 Å². The van der Waals surface area contributed by atoms with E-state index in [-0.39, 0.29) is 0 Å². The van der Waals surface area contributed by atoms with E-state index in [1.165, 1.54) is 0 Å². The molecule has 0 aromatic heterocycles. The van der Waals surface area contributed by atoms with Crippen molar-refractivity contribution in [2.24, 2.45) is 0 Å². The molecule has 3 heteroatoms. The van der Waals surface area contributed by atoms with E-state index in [1.807, 2.05) is 26.0 Å². The summed E-state index contributed by atoms with van der Waals surface area (Å²) < 4.78 is 12.5. The van der Waals surface area contributed by atoms with Crippen LogP contribution in [0.3, 0.4) is 0 Å². The Morgan fingerprint density at radius 3 is 1.94 bits per heavy atom. The molecular formula is C14H15O2P. The number of aryl methyl sites for hydroxylation is 2. The monoisotopic (exact) mass is 246 g/mol. The van der Waals surface area contributed by atoms with Crippen molar-refractivity contribution >= 4 is 18.0 Å². The molecular weight excluding hydrogens is 231 g/mol. The first-order valence-corrected chi connectivity index (χ1v) is 7.13. The maximum Gasteiger partial charge on any atom is 0.258 e. The van der Waals surface area contributed by atoms with Gasteiger partial charge in [0.25, 0.3) is 7.37 Å². The van der Waals surface area contributed by atoms with Gasteiger partial charge in [0.2, 0.25) is 0 Å². The van der Waals surface area contributed by atoms with Crippen LogP contribution in [0.25, 0.3) is 0 Å². The van der Waals surface area contributed by atoms with E-state index in [2.05, 4.69) is 0 Å².